The number of amides is 1. The molecule has 0 saturated carbocycles. The third-order valence-corrected chi connectivity index (χ3v) is 5.80. The Hall–Kier alpha value is -2.63. The van der Waals surface area contributed by atoms with Gasteiger partial charge >= 0.3 is 6.18 Å². The third-order valence-electron chi connectivity index (χ3n) is 5.80. The van der Waals surface area contributed by atoms with Crippen molar-refractivity contribution in [3.63, 3.8) is 0 Å². The summed E-state index contributed by atoms with van der Waals surface area (Å²) in [4.78, 5) is 26.8. The summed E-state index contributed by atoms with van der Waals surface area (Å²) in [5, 5.41) is 13.2. The number of aromatic nitrogens is 2. The van der Waals surface area contributed by atoms with E-state index >= 15 is 0 Å². The van der Waals surface area contributed by atoms with Gasteiger partial charge in [-0.25, -0.2) is 0 Å². The maximum atomic E-state index is 13.8. The van der Waals surface area contributed by atoms with Crippen LogP contribution in [-0.2, 0) is 16.5 Å². The van der Waals surface area contributed by atoms with Crippen LogP contribution in [0.1, 0.15) is 63.5 Å². The van der Waals surface area contributed by atoms with Crippen LogP contribution in [0.5, 0.6) is 0 Å². The molecule has 1 atom stereocenters. The molecule has 0 bridgehead atoms. The van der Waals surface area contributed by atoms with Gasteiger partial charge in [-0.1, -0.05) is 19.9 Å². The van der Waals surface area contributed by atoms with Gasteiger partial charge in [0, 0.05) is 23.9 Å². The first-order chi connectivity index (χ1) is 13.6. The number of hydrogen-bond acceptors (Lipinski definition) is 4. The van der Waals surface area contributed by atoms with E-state index in [1.165, 1.54) is 4.90 Å². The molecule has 2 heterocycles. The first kappa shape index (κ1) is 22.1. The van der Waals surface area contributed by atoms with E-state index in [-0.39, 0.29) is 24.4 Å². The molecule has 0 N–H and O–H groups in total. The molecule has 2 aliphatic rings. The summed E-state index contributed by atoms with van der Waals surface area (Å²) in [5.74, 6) is -0.984. The van der Waals surface area contributed by atoms with Gasteiger partial charge in [-0.3, -0.25) is 14.3 Å². The maximum Gasteiger partial charge on any atom is 0.433 e. The standard InChI is InChI=1S/C21H25F3N4O2/c1-18(2,3)28-15(21(22,23)24)14(10-26-28)17(30)27-7-6-20(12-27)8-13(9-25)16(29)19(4,5)11-20/h8,10H,6-7,11-12H2,1-5H3/t20-/m0/s1. The Balaban J connectivity index is 1.97. The number of ketones is 1. The fraction of sp³-hybridized carbons (Fsp3) is 0.619. The molecule has 1 amide bonds. The Morgan fingerprint density at radius 3 is 2.43 bits per heavy atom. The van der Waals surface area contributed by atoms with Gasteiger partial charge in [-0.15, -0.1) is 0 Å². The molecule has 30 heavy (non-hydrogen) atoms. The van der Waals surface area contributed by atoms with Crippen LogP contribution in [0.4, 0.5) is 13.2 Å². The summed E-state index contributed by atoms with van der Waals surface area (Å²) in [6.07, 6.45) is -1.24. The second-order valence-corrected chi connectivity index (χ2v) is 9.89. The number of hydrogen-bond donors (Lipinski definition) is 0. The minimum Gasteiger partial charge on any atom is -0.338 e. The highest BCUT2D eigenvalue weighted by molar-refractivity contribution is 6.04. The fourth-order valence-corrected chi connectivity index (χ4v) is 4.62. The molecule has 1 aromatic rings. The minimum atomic E-state index is -4.74. The van der Waals surface area contributed by atoms with E-state index in [9.17, 15) is 28.0 Å². The van der Waals surface area contributed by atoms with E-state index in [1.54, 1.807) is 40.7 Å². The van der Waals surface area contributed by atoms with Crippen LogP contribution in [0.25, 0.3) is 0 Å². The Kier molecular flexibility index (Phi) is 4.92. The summed E-state index contributed by atoms with van der Waals surface area (Å²) in [7, 11) is 0. The van der Waals surface area contributed by atoms with Crippen molar-refractivity contribution in [3.8, 4) is 6.07 Å². The molecule has 0 radical (unpaired) electrons. The van der Waals surface area contributed by atoms with Gasteiger partial charge in [0.1, 0.15) is 6.07 Å². The van der Waals surface area contributed by atoms with Crippen LogP contribution in [0.2, 0.25) is 0 Å². The Morgan fingerprint density at radius 2 is 1.90 bits per heavy atom. The summed E-state index contributed by atoms with van der Waals surface area (Å²) < 4.78 is 42.2. The zero-order valence-electron chi connectivity index (χ0n) is 17.7. The number of likely N-dealkylation sites (tertiary alicyclic amines) is 1. The minimum absolute atomic E-state index is 0.0529. The van der Waals surface area contributed by atoms with Crippen molar-refractivity contribution in [2.75, 3.05) is 13.1 Å². The van der Waals surface area contributed by atoms with E-state index in [0.29, 0.717) is 12.8 Å². The summed E-state index contributed by atoms with van der Waals surface area (Å²) >= 11 is 0. The van der Waals surface area contributed by atoms with Crippen molar-refractivity contribution >= 4 is 11.7 Å². The number of Topliss-reactive ketones (excluding diaryl/α,β-unsaturated/α-hetero) is 1. The number of carbonyl (C=O) groups is 2. The van der Waals surface area contributed by atoms with Gasteiger partial charge in [0.05, 0.1) is 22.9 Å². The smallest absolute Gasteiger partial charge is 0.338 e. The zero-order valence-corrected chi connectivity index (χ0v) is 17.7. The van der Waals surface area contributed by atoms with Gasteiger partial charge < -0.3 is 4.90 Å². The monoisotopic (exact) mass is 422 g/mol. The van der Waals surface area contributed by atoms with Crippen LogP contribution >= 0.6 is 0 Å². The molecule has 162 valence electrons. The van der Waals surface area contributed by atoms with Crippen LogP contribution in [0, 0.1) is 22.2 Å². The highest BCUT2D eigenvalue weighted by Crippen LogP contribution is 2.48. The Morgan fingerprint density at radius 1 is 1.27 bits per heavy atom. The summed E-state index contributed by atoms with van der Waals surface area (Å²) in [6, 6.07) is 1.93. The molecule has 1 saturated heterocycles. The molecule has 0 unspecified atom stereocenters. The lowest BCUT2D eigenvalue weighted by molar-refractivity contribution is -0.146. The van der Waals surface area contributed by atoms with Crippen LogP contribution in [0.15, 0.2) is 17.8 Å². The molecule has 1 aromatic heterocycles. The number of halogens is 3. The molecule has 1 aliphatic carbocycles. The van der Waals surface area contributed by atoms with Gasteiger partial charge in [0.15, 0.2) is 11.5 Å². The average Bonchev–Trinajstić information content (AvgIpc) is 3.21. The normalized spacial score (nSPS) is 24.2. The van der Waals surface area contributed by atoms with Gasteiger partial charge in [0.25, 0.3) is 5.91 Å². The molecule has 9 heteroatoms. The predicted octanol–water partition coefficient (Wildman–Crippen LogP) is 3.94. The summed E-state index contributed by atoms with van der Waals surface area (Å²) in [6.45, 7) is 8.67. The molecular weight excluding hydrogens is 397 g/mol. The zero-order chi connectivity index (χ0) is 22.7. The van der Waals surface area contributed by atoms with Gasteiger partial charge in [-0.05, 0) is 33.6 Å². The number of rotatable bonds is 1. The molecule has 6 nitrogen and oxygen atoms in total. The third kappa shape index (κ3) is 3.64. The van der Waals surface area contributed by atoms with Gasteiger partial charge in [0.2, 0.25) is 0 Å². The van der Waals surface area contributed by atoms with Crippen molar-refractivity contribution < 1.29 is 22.8 Å². The lowest BCUT2D eigenvalue weighted by Crippen LogP contribution is -2.41. The summed E-state index contributed by atoms with van der Waals surface area (Å²) in [5.41, 5.74) is -3.81. The number of nitrogens with zero attached hydrogens (tertiary/aromatic N) is 4. The van der Waals surface area contributed by atoms with E-state index in [1.807, 2.05) is 6.07 Å². The van der Waals surface area contributed by atoms with Crippen molar-refractivity contribution in [1.82, 2.24) is 14.7 Å². The van der Waals surface area contributed by atoms with Crippen LogP contribution in [-0.4, -0.2) is 39.5 Å². The average molecular weight is 422 g/mol. The fourth-order valence-electron chi connectivity index (χ4n) is 4.62. The second-order valence-electron chi connectivity index (χ2n) is 9.89. The van der Waals surface area contributed by atoms with Crippen LogP contribution in [0.3, 0.4) is 0 Å². The topological polar surface area (TPSA) is 79.0 Å². The number of carbonyl (C=O) groups excluding carboxylic acids is 2. The predicted molar refractivity (Wildman–Crippen MR) is 102 cm³/mol. The lowest BCUT2D eigenvalue weighted by Gasteiger charge is -2.38. The van der Waals surface area contributed by atoms with Crippen LogP contribution < -0.4 is 0 Å². The van der Waals surface area contributed by atoms with Crippen molar-refractivity contribution in [1.29, 1.82) is 5.26 Å². The molecule has 1 spiro atoms. The maximum absolute atomic E-state index is 13.8. The SMILES string of the molecule is CC1(C)C[C@@]2(C=C(C#N)C1=O)CCN(C(=O)c1cnn(C(C)(C)C)c1C(F)(F)F)C2. The highest BCUT2D eigenvalue weighted by atomic mass is 19.4. The lowest BCUT2D eigenvalue weighted by atomic mass is 9.64. The molecule has 1 aliphatic heterocycles. The number of nitriles is 1. The number of allylic oxidation sites excluding steroid dienone is 1. The molecule has 1 fully saturated rings. The van der Waals surface area contributed by atoms with E-state index < -0.39 is 39.7 Å². The number of alkyl halides is 3. The first-order valence-corrected chi connectivity index (χ1v) is 9.74. The van der Waals surface area contributed by atoms with E-state index in [2.05, 4.69) is 5.10 Å². The Labute approximate surface area is 173 Å². The van der Waals surface area contributed by atoms with Crippen molar-refractivity contribution in [3.05, 3.63) is 29.1 Å². The van der Waals surface area contributed by atoms with Crippen molar-refractivity contribution in [2.24, 2.45) is 10.8 Å². The molecular formula is C21H25F3N4O2. The first-order valence-electron chi connectivity index (χ1n) is 9.74. The Bertz CT molecular complexity index is 976. The van der Waals surface area contributed by atoms with E-state index in [4.69, 9.17) is 0 Å². The van der Waals surface area contributed by atoms with Crippen molar-refractivity contribution in [2.45, 2.75) is 59.2 Å². The molecule has 0 aromatic carbocycles. The second kappa shape index (κ2) is 6.69. The molecule has 3 rings (SSSR count). The quantitative estimate of drug-likeness (QED) is 0.687. The highest BCUT2D eigenvalue weighted by Gasteiger charge is 2.50. The van der Waals surface area contributed by atoms with Gasteiger partial charge in [-0.2, -0.15) is 23.5 Å². The largest absolute Gasteiger partial charge is 0.433 e. The van der Waals surface area contributed by atoms with E-state index in [0.717, 1.165) is 10.9 Å².